The Morgan fingerprint density at radius 3 is 1.79 bits per heavy atom. The fourth-order valence-corrected chi connectivity index (χ4v) is 11.3. The van der Waals surface area contributed by atoms with E-state index in [2.05, 4.69) is 192 Å². The standard InChI is InChI=1S/C33H40O2.C21H38.C6H14.C5H12.C4H10.C2H6/c1-23-7-8-24-9-18-30-32(4,19-6-20-33(30,5)29(24)21-23)22-35-28-16-12-26(13-17-28)31(2,3)25-10-14-27(34)15-11-25;1-6-8-11-16-21(5)17-12-14-19(18(3)4)13-9-10-15-20(21)7-2;1-4-6(3)5-2;1-4-5(2)3;1-4(2)3;1-2/h7-8,10-17,21,30,34H,6,9,18-20,22H2,1-5H3;12-14,18,20H,6-11,15-17H2,1-5H3;6H,4-5H2,1-3H3;5H,4H2,1-3H3;4H,1-3H3;1-2H3/b;14-12-,19-13+;;;;. The van der Waals surface area contributed by atoms with Crippen molar-refractivity contribution >= 4 is 0 Å². The van der Waals surface area contributed by atoms with Gasteiger partial charge in [0.2, 0.25) is 0 Å². The Morgan fingerprint density at radius 2 is 1.29 bits per heavy atom. The number of rotatable bonds is 14. The lowest BCUT2D eigenvalue weighted by Gasteiger charge is -2.55. The van der Waals surface area contributed by atoms with Crippen molar-refractivity contribution in [1.82, 2.24) is 0 Å². The van der Waals surface area contributed by atoms with E-state index in [-0.39, 0.29) is 16.2 Å². The molecule has 5 atom stereocenters. The van der Waals surface area contributed by atoms with Crippen molar-refractivity contribution in [3.05, 3.63) is 118 Å². The van der Waals surface area contributed by atoms with Crippen LogP contribution in [-0.4, -0.2) is 11.7 Å². The number of phenolic OH excluding ortho intramolecular Hbond substituents is 1. The molecular formula is C71H120O2. The molecule has 5 unspecified atom stereocenters. The van der Waals surface area contributed by atoms with Gasteiger partial charge in [0.1, 0.15) is 11.5 Å². The van der Waals surface area contributed by atoms with Crippen LogP contribution in [0.2, 0.25) is 0 Å². The van der Waals surface area contributed by atoms with E-state index in [9.17, 15) is 5.11 Å². The molecule has 0 amide bonds. The van der Waals surface area contributed by atoms with Crippen molar-refractivity contribution in [2.45, 2.75) is 265 Å². The molecule has 6 rings (SSSR count). The summed E-state index contributed by atoms with van der Waals surface area (Å²) < 4.78 is 6.51. The normalized spacial score (nSPS) is 23.7. The molecule has 2 heteroatoms. The van der Waals surface area contributed by atoms with Gasteiger partial charge < -0.3 is 9.84 Å². The van der Waals surface area contributed by atoms with Crippen molar-refractivity contribution < 1.29 is 9.84 Å². The van der Waals surface area contributed by atoms with E-state index < -0.39 is 0 Å². The first-order valence-corrected chi connectivity index (χ1v) is 30.5. The van der Waals surface area contributed by atoms with Crippen molar-refractivity contribution in [2.24, 2.45) is 46.3 Å². The van der Waals surface area contributed by atoms with E-state index >= 15 is 0 Å². The van der Waals surface area contributed by atoms with E-state index in [1.807, 2.05) is 26.0 Å². The number of aromatic hydroxyl groups is 1. The van der Waals surface area contributed by atoms with Crippen molar-refractivity contribution in [3.8, 4) is 11.5 Å². The molecule has 416 valence electrons. The zero-order valence-corrected chi connectivity index (χ0v) is 52.1. The van der Waals surface area contributed by atoms with Crippen LogP contribution in [0.1, 0.15) is 269 Å². The Kier molecular flexibility index (Phi) is 31.9. The maximum Gasteiger partial charge on any atom is 0.119 e. The largest absolute Gasteiger partial charge is 0.508 e. The highest BCUT2D eigenvalue weighted by Gasteiger charge is 2.52. The van der Waals surface area contributed by atoms with Crippen molar-refractivity contribution in [2.75, 3.05) is 6.61 Å². The molecule has 3 aliphatic rings. The van der Waals surface area contributed by atoms with Gasteiger partial charge in [-0.15, -0.1) is 0 Å². The predicted octanol–water partition coefficient (Wildman–Crippen LogP) is 22.6. The number of unbranched alkanes of at least 4 members (excludes halogenated alkanes) is 2. The third-order valence-electron chi connectivity index (χ3n) is 17.1. The molecule has 73 heavy (non-hydrogen) atoms. The van der Waals surface area contributed by atoms with Gasteiger partial charge >= 0.3 is 0 Å². The highest BCUT2D eigenvalue weighted by Crippen LogP contribution is 2.57. The molecule has 1 fully saturated rings. The lowest BCUT2D eigenvalue weighted by molar-refractivity contribution is -0.0101. The number of fused-ring (bicyclic) bond motifs is 3. The number of hydrogen-bond donors (Lipinski definition) is 1. The summed E-state index contributed by atoms with van der Waals surface area (Å²) in [7, 11) is 0. The SMILES string of the molecule is CC.CC(C)C.CCC(C)C.CCC(C)CC.CCCCCC1(C)C/C=C\C(C(C)C)=C/CCCC1CC.Cc1ccc2c(c1)C1(C)CCCC(C)(COc3ccc(C(C)(C)c4ccc(O)cc4)cc3)C1CC2. The summed E-state index contributed by atoms with van der Waals surface area (Å²) >= 11 is 0. The average molecular weight is 1010 g/mol. The minimum atomic E-state index is -0.142. The molecule has 0 radical (unpaired) electrons. The first-order valence-electron chi connectivity index (χ1n) is 30.5. The smallest absolute Gasteiger partial charge is 0.119 e. The molecule has 0 aromatic heterocycles. The summed E-state index contributed by atoms with van der Waals surface area (Å²) in [5.74, 6) is 6.11. The van der Waals surface area contributed by atoms with E-state index in [0.717, 1.165) is 36.0 Å². The van der Waals surface area contributed by atoms with Gasteiger partial charge in [-0.2, -0.15) is 0 Å². The van der Waals surface area contributed by atoms with Crippen LogP contribution >= 0.6 is 0 Å². The Hall–Kier alpha value is -3.26. The van der Waals surface area contributed by atoms with Gasteiger partial charge in [0.05, 0.1) is 6.61 Å². The molecule has 0 heterocycles. The first kappa shape index (κ1) is 67.8. The quantitative estimate of drug-likeness (QED) is 0.163. The van der Waals surface area contributed by atoms with Crippen LogP contribution in [0.15, 0.2) is 90.5 Å². The first-order chi connectivity index (χ1) is 34.5. The number of aryl methyl sites for hydroxylation is 2. The molecule has 0 aliphatic heterocycles. The van der Waals surface area contributed by atoms with Gasteiger partial charge in [-0.3, -0.25) is 0 Å². The molecule has 1 N–H and O–H groups in total. The zero-order valence-electron chi connectivity index (χ0n) is 52.1. The second-order valence-electron chi connectivity index (χ2n) is 25.2. The monoisotopic (exact) mass is 1000 g/mol. The summed E-state index contributed by atoms with van der Waals surface area (Å²) in [5, 5.41) is 9.65. The van der Waals surface area contributed by atoms with E-state index in [1.54, 1.807) is 28.8 Å². The molecule has 0 saturated heterocycles. The number of ether oxygens (including phenoxy) is 1. The third-order valence-corrected chi connectivity index (χ3v) is 17.1. The summed E-state index contributed by atoms with van der Waals surface area (Å²) in [4.78, 5) is 0. The summed E-state index contributed by atoms with van der Waals surface area (Å²) in [6, 6.07) is 23.3. The average Bonchev–Trinajstić information content (AvgIpc) is 3.36. The summed E-state index contributed by atoms with van der Waals surface area (Å²) in [6.45, 7) is 48.2. The Morgan fingerprint density at radius 1 is 0.712 bits per heavy atom. The Bertz CT molecular complexity index is 1940. The molecule has 3 aromatic rings. The fourth-order valence-electron chi connectivity index (χ4n) is 11.3. The Balaban J connectivity index is 0.000000592. The lowest BCUT2D eigenvalue weighted by Crippen LogP contribution is -2.51. The van der Waals surface area contributed by atoms with Gasteiger partial charge in [-0.1, -0.05) is 256 Å². The van der Waals surface area contributed by atoms with E-state index in [4.69, 9.17) is 4.74 Å². The predicted molar refractivity (Wildman–Crippen MR) is 328 cm³/mol. The highest BCUT2D eigenvalue weighted by molar-refractivity contribution is 5.43. The van der Waals surface area contributed by atoms with Gasteiger partial charge in [0.25, 0.3) is 0 Å². The third kappa shape index (κ3) is 22.5. The molecule has 0 bridgehead atoms. The van der Waals surface area contributed by atoms with Gasteiger partial charge in [0, 0.05) is 10.8 Å². The van der Waals surface area contributed by atoms with Crippen LogP contribution in [0.25, 0.3) is 0 Å². The van der Waals surface area contributed by atoms with Crippen LogP contribution in [0.3, 0.4) is 0 Å². The maximum absolute atomic E-state index is 9.65. The second-order valence-corrected chi connectivity index (χ2v) is 25.2. The van der Waals surface area contributed by atoms with Crippen molar-refractivity contribution in [3.63, 3.8) is 0 Å². The number of hydrogen-bond acceptors (Lipinski definition) is 2. The molecule has 0 spiro atoms. The number of benzene rings is 3. The minimum absolute atomic E-state index is 0.142. The topological polar surface area (TPSA) is 29.5 Å². The van der Waals surface area contributed by atoms with Gasteiger partial charge in [-0.25, -0.2) is 0 Å². The minimum Gasteiger partial charge on any atom is -0.508 e. The zero-order chi connectivity index (χ0) is 55.4. The molecule has 1 saturated carbocycles. The van der Waals surface area contributed by atoms with Gasteiger partial charge in [0.15, 0.2) is 0 Å². The van der Waals surface area contributed by atoms with Gasteiger partial charge in [-0.05, 0) is 163 Å². The number of phenols is 1. The van der Waals surface area contributed by atoms with E-state index in [1.165, 1.54) is 126 Å². The van der Waals surface area contributed by atoms with Crippen LogP contribution < -0.4 is 4.74 Å². The maximum atomic E-state index is 9.65. The van der Waals surface area contributed by atoms with Crippen molar-refractivity contribution in [1.29, 1.82) is 0 Å². The molecule has 2 nitrogen and oxygen atoms in total. The van der Waals surface area contributed by atoms with Crippen LogP contribution in [0, 0.1) is 53.3 Å². The lowest BCUT2D eigenvalue weighted by atomic mass is 9.50. The molecular weight excluding hydrogens is 885 g/mol. The summed E-state index contributed by atoms with van der Waals surface area (Å²) in [6.07, 6.45) is 29.8. The number of allylic oxidation sites excluding steroid dienone is 4. The van der Waals surface area contributed by atoms with E-state index in [0.29, 0.717) is 23.0 Å². The van der Waals surface area contributed by atoms with Crippen LogP contribution in [-0.2, 0) is 17.3 Å². The van der Waals surface area contributed by atoms with Crippen LogP contribution in [0.5, 0.6) is 11.5 Å². The van der Waals surface area contributed by atoms with Crippen LogP contribution in [0.4, 0.5) is 0 Å². The molecule has 3 aromatic carbocycles. The second kappa shape index (κ2) is 34.4. The Labute approximate surface area is 455 Å². The fraction of sp³-hybridized carbons (Fsp3) is 0.690. The summed E-state index contributed by atoms with van der Waals surface area (Å²) in [5.41, 5.74) is 9.30. The highest BCUT2D eigenvalue weighted by atomic mass is 16.5. The molecule has 3 aliphatic carbocycles.